The number of carboxylic acid groups (broad SMARTS) is 1. The lowest BCUT2D eigenvalue weighted by Crippen LogP contribution is -2.20. The molecule has 5 nitrogen and oxygen atoms in total. The molecule has 0 amide bonds. The minimum atomic E-state index is -2.93. The first-order valence-corrected chi connectivity index (χ1v) is 3.47. The van der Waals surface area contributed by atoms with Gasteiger partial charge in [0, 0.05) is 0 Å². The quantitative estimate of drug-likeness (QED) is 0.656. The maximum atomic E-state index is 12.2. The Balaban J connectivity index is 3.42. The fraction of sp³-hybridized carbons (Fsp3) is 0.143. The third kappa shape index (κ3) is 1.70. The van der Waals surface area contributed by atoms with Crippen molar-refractivity contribution in [2.24, 2.45) is 0 Å². The van der Waals surface area contributed by atoms with Crippen LogP contribution in [0.2, 0.25) is 0 Å². The minimum Gasteiger partial charge on any atom is -0.477 e. The highest BCUT2D eigenvalue weighted by Crippen LogP contribution is 2.22. The number of nitrogens with one attached hydrogen (secondary N) is 1. The van der Waals surface area contributed by atoms with E-state index in [1.807, 2.05) is 4.98 Å². The molecule has 4 N–H and O–H groups in total. The van der Waals surface area contributed by atoms with Gasteiger partial charge in [-0.15, -0.1) is 0 Å². The van der Waals surface area contributed by atoms with Crippen LogP contribution in [-0.4, -0.2) is 16.1 Å². The Morgan fingerprint density at radius 1 is 1.57 bits per heavy atom. The van der Waals surface area contributed by atoms with Crippen LogP contribution in [-0.2, 0) is 0 Å². The number of H-pyrrole nitrogens is 1. The van der Waals surface area contributed by atoms with E-state index in [4.69, 9.17) is 10.8 Å². The van der Waals surface area contributed by atoms with E-state index in [1.165, 1.54) is 0 Å². The summed E-state index contributed by atoms with van der Waals surface area (Å²) in [6.45, 7) is 0. The van der Waals surface area contributed by atoms with Gasteiger partial charge in [-0.05, 0) is 6.07 Å². The predicted molar refractivity (Wildman–Crippen MR) is 43.4 cm³/mol. The number of aromatic carboxylic acids is 1. The third-order valence-electron chi connectivity index (χ3n) is 1.57. The molecule has 1 aromatic heterocycles. The molecule has 14 heavy (non-hydrogen) atoms. The molecule has 0 aliphatic carbocycles. The summed E-state index contributed by atoms with van der Waals surface area (Å²) in [6.07, 6.45) is -2.93. The van der Waals surface area contributed by atoms with Crippen LogP contribution >= 0.6 is 0 Å². The first kappa shape index (κ1) is 10.2. The summed E-state index contributed by atoms with van der Waals surface area (Å²) in [4.78, 5) is 23.1. The van der Waals surface area contributed by atoms with Gasteiger partial charge in [-0.25, -0.2) is 13.6 Å². The number of carboxylic acids is 1. The Morgan fingerprint density at radius 3 is 2.57 bits per heavy atom. The van der Waals surface area contributed by atoms with Crippen LogP contribution < -0.4 is 11.3 Å². The molecule has 0 atom stereocenters. The lowest BCUT2D eigenvalue weighted by Gasteiger charge is -2.04. The Morgan fingerprint density at radius 2 is 2.14 bits per heavy atom. The van der Waals surface area contributed by atoms with Gasteiger partial charge >= 0.3 is 5.97 Å². The summed E-state index contributed by atoms with van der Waals surface area (Å²) in [7, 11) is 0. The Bertz CT molecular complexity index is 427. The molecule has 0 spiro atoms. The van der Waals surface area contributed by atoms with E-state index < -0.39 is 34.9 Å². The Labute approximate surface area is 76.2 Å². The fourth-order valence-electron chi connectivity index (χ4n) is 0.900. The van der Waals surface area contributed by atoms with E-state index >= 15 is 0 Å². The molecule has 0 fully saturated rings. The summed E-state index contributed by atoms with van der Waals surface area (Å²) in [6, 6.07) is 0.571. The van der Waals surface area contributed by atoms with E-state index in [2.05, 4.69) is 0 Å². The van der Waals surface area contributed by atoms with Crippen molar-refractivity contribution < 1.29 is 18.7 Å². The summed E-state index contributed by atoms with van der Waals surface area (Å²) in [5.74, 6) is -2.09. The number of aromatic nitrogens is 1. The van der Waals surface area contributed by atoms with E-state index in [0.717, 1.165) is 0 Å². The van der Waals surface area contributed by atoms with Gasteiger partial charge in [-0.1, -0.05) is 0 Å². The van der Waals surface area contributed by atoms with Crippen molar-refractivity contribution in [2.75, 3.05) is 5.73 Å². The smallest absolute Gasteiger partial charge is 0.341 e. The number of alkyl halides is 2. The molecular weight excluding hydrogens is 198 g/mol. The summed E-state index contributed by atoms with van der Waals surface area (Å²) >= 11 is 0. The minimum absolute atomic E-state index is 0.519. The lowest BCUT2D eigenvalue weighted by molar-refractivity contribution is 0.0694. The molecule has 1 heterocycles. The second-order valence-corrected chi connectivity index (χ2v) is 2.49. The largest absolute Gasteiger partial charge is 0.477 e. The van der Waals surface area contributed by atoms with Crippen molar-refractivity contribution in [3.63, 3.8) is 0 Å². The molecule has 0 aromatic carbocycles. The molecule has 1 aromatic rings. The fourth-order valence-corrected chi connectivity index (χ4v) is 0.900. The normalized spacial score (nSPS) is 10.5. The van der Waals surface area contributed by atoms with Crippen molar-refractivity contribution in [1.82, 2.24) is 4.98 Å². The van der Waals surface area contributed by atoms with Crippen LogP contribution in [0.4, 0.5) is 14.6 Å². The number of hydrogen-bond acceptors (Lipinski definition) is 3. The number of nitrogen functional groups attached to an aromatic ring is 1. The van der Waals surface area contributed by atoms with Gasteiger partial charge in [-0.3, -0.25) is 4.79 Å². The number of nitrogens with two attached hydrogens (primary N) is 1. The molecule has 76 valence electrons. The van der Waals surface area contributed by atoms with Crippen molar-refractivity contribution >= 4 is 11.8 Å². The number of aromatic amines is 1. The topological polar surface area (TPSA) is 96.2 Å². The van der Waals surface area contributed by atoms with Crippen molar-refractivity contribution in [3.8, 4) is 0 Å². The first-order chi connectivity index (χ1) is 6.43. The van der Waals surface area contributed by atoms with E-state index in [9.17, 15) is 18.4 Å². The second kappa shape index (κ2) is 3.44. The number of rotatable bonds is 2. The average molecular weight is 204 g/mol. The lowest BCUT2D eigenvalue weighted by atomic mass is 10.2. The SMILES string of the molecule is Nc1[nH]c(=O)c(C(=O)O)cc1C(F)F. The molecular formula is C7H6F2N2O3. The number of hydrogen-bond donors (Lipinski definition) is 3. The van der Waals surface area contributed by atoms with Crippen molar-refractivity contribution in [1.29, 1.82) is 0 Å². The molecule has 0 saturated heterocycles. The number of anilines is 1. The highest BCUT2D eigenvalue weighted by molar-refractivity contribution is 5.87. The van der Waals surface area contributed by atoms with Gasteiger partial charge < -0.3 is 15.8 Å². The Hall–Kier alpha value is -1.92. The molecule has 0 unspecified atom stereocenters. The zero-order chi connectivity index (χ0) is 10.9. The van der Waals surface area contributed by atoms with E-state index in [0.29, 0.717) is 6.07 Å². The zero-order valence-corrected chi connectivity index (χ0v) is 6.75. The second-order valence-electron chi connectivity index (χ2n) is 2.49. The summed E-state index contributed by atoms with van der Waals surface area (Å²) in [5.41, 5.74) is 2.61. The number of carbonyl (C=O) groups is 1. The predicted octanol–water partition coefficient (Wildman–Crippen LogP) is 0.593. The van der Waals surface area contributed by atoms with Crippen LogP contribution in [0.25, 0.3) is 0 Å². The van der Waals surface area contributed by atoms with Crippen molar-refractivity contribution in [3.05, 3.63) is 27.5 Å². The van der Waals surface area contributed by atoms with Gasteiger partial charge in [-0.2, -0.15) is 0 Å². The van der Waals surface area contributed by atoms with Gasteiger partial charge in [0.05, 0.1) is 5.56 Å². The van der Waals surface area contributed by atoms with E-state index in [-0.39, 0.29) is 0 Å². The van der Waals surface area contributed by atoms with E-state index in [1.54, 1.807) is 0 Å². The van der Waals surface area contributed by atoms with Gasteiger partial charge in [0.1, 0.15) is 11.4 Å². The first-order valence-electron chi connectivity index (χ1n) is 3.47. The average Bonchev–Trinajstić information content (AvgIpc) is 2.02. The molecule has 7 heteroatoms. The molecule has 0 saturated carbocycles. The maximum absolute atomic E-state index is 12.2. The standard InChI is InChI=1S/C7H6F2N2O3/c8-4(9)2-1-3(7(13)14)6(12)11-5(2)10/h1,4H,(H,13,14)(H3,10,11,12). The van der Waals surface area contributed by atoms with Crippen LogP contribution in [0.1, 0.15) is 22.3 Å². The van der Waals surface area contributed by atoms with Crippen LogP contribution in [0, 0.1) is 0 Å². The maximum Gasteiger partial charge on any atom is 0.341 e. The van der Waals surface area contributed by atoms with Crippen molar-refractivity contribution in [2.45, 2.75) is 6.43 Å². The summed E-state index contributed by atoms with van der Waals surface area (Å²) in [5, 5.41) is 8.46. The number of pyridine rings is 1. The van der Waals surface area contributed by atoms with Gasteiger partial charge in [0.25, 0.3) is 12.0 Å². The molecule has 0 aliphatic rings. The molecule has 1 rings (SSSR count). The molecule has 0 radical (unpaired) electrons. The third-order valence-corrected chi connectivity index (χ3v) is 1.57. The highest BCUT2D eigenvalue weighted by atomic mass is 19.3. The molecule has 0 aliphatic heterocycles. The highest BCUT2D eigenvalue weighted by Gasteiger charge is 2.17. The molecule has 0 bridgehead atoms. The zero-order valence-electron chi connectivity index (χ0n) is 6.75. The number of halogens is 2. The van der Waals surface area contributed by atoms with Gasteiger partial charge in [0.15, 0.2) is 0 Å². The van der Waals surface area contributed by atoms with Crippen LogP contribution in [0.3, 0.4) is 0 Å². The Kier molecular flexibility index (Phi) is 2.50. The van der Waals surface area contributed by atoms with Crippen LogP contribution in [0.5, 0.6) is 0 Å². The van der Waals surface area contributed by atoms with Crippen LogP contribution in [0.15, 0.2) is 10.9 Å². The summed E-state index contributed by atoms with van der Waals surface area (Å²) < 4.78 is 24.4. The monoisotopic (exact) mass is 204 g/mol. The van der Waals surface area contributed by atoms with Gasteiger partial charge in [0.2, 0.25) is 0 Å².